The summed E-state index contributed by atoms with van der Waals surface area (Å²) in [6, 6.07) is 2.10. The SMILES string of the molecule is COc1ncc(N2CCOCC2)c2sc(NC(=O)C3(C#N)CC3)nc12. The smallest absolute Gasteiger partial charge is 0.246 e. The molecule has 0 aromatic carbocycles. The van der Waals surface area contributed by atoms with Crippen LogP contribution < -0.4 is 15.0 Å². The number of hydrogen-bond donors (Lipinski definition) is 1. The van der Waals surface area contributed by atoms with Crippen molar-refractivity contribution in [3.8, 4) is 11.9 Å². The van der Waals surface area contributed by atoms with E-state index >= 15 is 0 Å². The fourth-order valence-corrected chi connectivity index (χ4v) is 3.83. The zero-order valence-corrected chi connectivity index (χ0v) is 14.6. The van der Waals surface area contributed by atoms with Crippen molar-refractivity contribution in [2.24, 2.45) is 5.41 Å². The Labute approximate surface area is 148 Å². The molecular weight excluding hydrogens is 342 g/mol. The highest BCUT2D eigenvalue weighted by atomic mass is 32.1. The zero-order chi connectivity index (χ0) is 17.4. The van der Waals surface area contributed by atoms with Crippen molar-refractivity contribution < 1.29 is 14.3 Å². The summed E-state index contributed by atoms with van der Waals surface area (Å²) >= 11 is 1.37. The number of amides is 1. The summed E-state index contributed by atoms with van der Waals surface area (Å²) in [5.41, 5.74) is 0.694. The van der Waals surface area contributed by atoms with E-state index in [9.17, 15) is 4.79 Å². The predicted molar refractivity (Wildman–Crippen MR) is 92.9 cm³/mol. The molecule has 4 rings (SSSR count). The number of carbonyl (C=O) groups is 1. The lowest BCUT2D eigenvalue weighted by Crippen LogP contribution is -2.36. The van der Waals surface area contributed by atoms with Gasteiger partial charge in [-0.25, -0.2) is 9.97 Å². The summed E-state index contributed by atoms with van der Waals surface area (Å²) in [6.45, 7) is 2.89. The van der Waals surface area contributed by atoms with Gasteiger partial charge >= 0.3 is 0 Å². The third-order valence-electron chi connectivity index (χ3n) is 4.53. The lowest BCUT2D eigenvalue weighted by atomic mass is 10.1. The van der Waals surface area contributed by atoms with Crippen LogP contribution in [0.4, 0.5) is 10.8 Å². The molecule has 2 aromatic heterocycles. The molecule has 0 atom stereocenters. The van der Waals surface area contributed by atoms with Crippen LogP contribution in [0.5, 0.6) is 5.88 Å². The number of nitrogens with one attached hydrogen (secondary N) is 1. The quantitative estimate of drug-likeness (QED) is 0.888. The van der Waals surface area contributed by atoms with E-state index in [2.05, 4.69) is 26.3 Å². The van der Waals surface area contributed by atoms with Gasteiger partial charge in [-0.2, -0.15) is 5.26 Å². The van der Waals surface area contributed by atoms with E-state index in [1.807, 2.05) is 0 Å². The highest BCUT2D eigenvalue weighted by molar-refractivity contribution is 7.23. The van der Waals surface area contributed by atoms with Crippen molar-refractivity contribution >= 4 is 38.3 Å². The Bertz CT molecular complexity index is 865. The number of aromatic nitrogens is 2. The molecule has 0 unspecified atom stereocenters. The Morgan fingerprint density at radius 1 is 1.48 bits per heavy atom. The van der Waals surface area contributed by atoms with E-state index in [1.54, 1.807) is 13.3 Å². The fraction of sp³-hybridized carbons (Fsp3) is 0.500. The van der Waals surface area contributed by atoms with E-state index in [-0.39, 0.29) is 5.91 Å². The number of rotatable bonds is 4. The van der Waals surface area contributed by atoms with E-state index in [0.717, 1.165) is 23.5 Å². The third kappa shape index (κ3) is 2.77. The molecule has 1 amide bonds. The van der Waals surface area contributed by atoms with Crippen molar-refractivity contribution in [3.05, 3.63) is 6.20 Å². The van der Waals surface area contributed by atoms with E-state index in [0.29, 0.717) is 42.6 Å². The Morgan fingerprint density at radius 3 is 2.88 bits per heavy atom. The number of pyridine rings is 1. The molecule has 3 heterocycles. The molecule has 9 heteroatoms. The van der Waals surface area contributed by atoms with E-state index in [1.165, 1.54) is 11.3 Å². The first-order valence-electron chi connectivity index (χ1n) is 8.06. The van der Waals surface area contributed by atoms with Crippen LogP contribution >= 0.6 is 11.3 Å². The van der Waals surface area contributed by atoms with Crippen molar-refractivity contribution in [1.29, 1.82) is 5.26 Å². The largest absolute Gasteiger partial charge is 0.479 e. The maximum Gasteiger partial charge on any atom is 0.246 e. The van der Waals surface area contributed by atoms with Crippen LogP contribution in [0, 0.1) is 16.7 Å². The van der Waals surface area contributed by atoms with Crippen LogP contribution in [0.1, 0.15) is 12.8 Å². The zero-order valence-electron chi connectivity index (χ0n) is 13.7. The monoisotopic (exact) mass is 359 g/mol. The van der Waals surface area contributed by atoms with Crippen molar-refractivity contribution in [1.82, 2.24) is 9.97 Å². The van der Waals surface area contributed by atoms with Gasteiger partial charge in [0, 0.05) is 13.1 Å². The first-order chi connectivity index (χ1) is 12.2. The van der Waals surface area contributed by atoms with Crippen LogP contribution in [0.15, 0.2) is 6.20 Å². The summed E-state index contributed by atoms with van der Waals surface area (Å²) in [6.07, 6.45) is 2.97. The molecule has 1 aliphatic heterocycles. The fourth-order valence-electron chi connectivity index (χ4n) is 2.84. The van der Waals surface area contributed by atoms with Gasteiger partial charge in [0.05, 0.1) is 43.0 Å². The minimum absolute atomic E-state index is 0.283. The van der Waals surface area contributed by atoms with Crippen LogP contribution in [0.3, 0.4) is 0 Å². The summed E-state index contributed by atoms with van der Waals surface area (Å²) in [7, 11) is 1.54. The second kappa shape index (κ2) is 6.13. The molecular formula is C16H17N5O3S. The highest BCUT2D eigenvalue weighted by Gasteiger charge is 2.51. The summed E-state index contributed by atoms with van der Waals surface area (Å²) in [5, 5.41) is 12.4. The molecule has 2 aromatic rings. The third-order valence-corrected chi connectivity index (χ3v) is 5.52. The van der Waals surface area contributed by atoms with Gasteiger partial charge in [-0.3, -0.25) is 4.79 Å². The van der Waals surface area contributed by atoms with Gasteiger partial charge in [0.15, 0.2) is 5.13 Å². The molecule has 130 valence electrons. The summed E-state index contributed by atoms with van der Waals surface area (Å²) in [5.74, 6) is 0.138. The molecule has 8 nitrogen and oxygen atoms in total. The van der Waals surface area contributed by atoms with Crippen LogP contribution in [-0.4, -0.2) is 49.3 Å². The molecule has 0 spiro atoms. The molecule has 0 radical (unpaired) electrons. The number of methoxy groups -OCH3 is 1. The number of hydrogen-bond acceptors (Lipinski definition) is 8. The molecule has 25 heavy (non-hydrogen) atoms. The first kappa shape index (κ1) is 16.1. The van der Waals surface area contributed by atoms with Gasteiger partial charge in [-0.05, 0) is 12.8 Å². The summed E-state index contributed by atoms with van der Waals surface area (Å²) in [4.78, 5) is 23.3. The number of fused-ring (bicyclic) bond motifs is 1. The Kier molecular flexibility index (Phi) is 3.94. The molecule has 2 fully saturated rings. The minimum atomic E-state index is -0.882. The van der Waals surface area contributed by atoms with Gasteiger partial charge in [-0.1, -0.05) is 11.3 Å². The number of ether oxygens (including phenoxy) is 2. The topological polar surface area (TPSA) is 100 Å². The average molecular weight is 359 g/mol. The lowest BCUT2D eigenvalue weighted by molar-refractivity contribution is -0.119. The van der Waals surface area contributed by atoms with Crippen LogP contribution in [-0.2, 0) is 9.53 Å². The lowest BCUT2D eigenvalue weighted by Gasteiger charge is -2.28. The Hall–Kier alpha value is -2.44. The molecule has 1 N–H and O–H groups in total. The Balaban J connectivity index is 1.70. The standard InChI is InChI=1S/C16H17N5O3S/c1-23-13-11-12(10(8-18-13)21-4-6-24-7-5-21)25-15(19-11)20-14(22)16(9-17)2-3-16/h8H,2-7H2,1H3,(H,19,20,22). The molecule has 1 aliphatic carbocycles. The van der Waals surface area contributed by atoms with Crippen LogP contribution in [0.2, 0.25) is 0 Å². The number of carbonyl (C=O) groups excluding carboxylic acids is 1. The van der Waals surface area contributed by atoms with Gasteiger partial charge in [-0.15, -0.1) is 0 Å². The number of nitriles is 1. The first-order valence-corrected chi connectivity index (χ1v) is 8.87. The van der Waals surface area contributed by atoms with Gasteiger partial charge in [0.25, 0.3) is 0 Å². The van der Waals surface area contributed by atoms with Gasteiger partial charge < -0.3 is 19.7 Å². The molecule has 0 bridgehead atoms. The highest BCUT2D eigenvalue weighted by Crippen LogP contribution is 2.46. The number of anilines is 2. The van der Waals surface area contributed by atoms with Gasteiger partial charge in [0.2, 0.25) is 11.8 Å². The second-order valence-corrected chi connectivity index (χ2v) is 7.10. The maximum atomic E-state index is 12.3. The molecule has 2 aliphatic rings. The molecule has 1 saturated carbocycles. The minimum Gasteiger partial charge on any atom is -0.479 e. The number of nitrogens with zero attached hydrogens (tertiary/aromatic N) is 4. The van der Waals surface area contributed by atoms with Crippen molar-refractivity contribution in [3.63, 3.8) is 0 Å². The summed E-state index contributed by atoms with van der Waals surface area (Å²) < 4.78 is 11.6. The van der Waals surface area contributed by atoms with Crippen LogP contribution in [0.25, 0.3) is 10.2 Å². The number of thiazole rings is 1. The average Bonchev–Trinajstić information content (AvgIpc) is 3.35. The molecule has 1 saturated heterocycles. The van der Waals surface area contributed by atoms with Crippen molar-refractivity contribution in [2.45, 2.75) is 12.8 Å². The number of morpholine rings is 1. The van der Waals surface area contributed by atoms with Crippen molar-refractivity contribution in [2.75, 3.05) is 43.6 Å². The maximum absolute atomic E-state index is 12.3. The Morgan fingerprint density at radius 2 is 2.24 bits per heavy atom. The second-order valence-electron chi connectivity index (χ2n) is 6.10. The van der Waals surface area contributed by atoms with Gasteiger partial charge in [0.1, 0.15) is 10.9 Å². The van der Waals surface area contributed by atoms with E-state index in [4.69, 9.17) is 14.7 Å². The predicted octanol–water partition coefficient (Wildman–Crippen LogP) is 1.78. The normalized spacial score (nSPS) is 18.6. The van der Waals surface area contributed by atoms with E-state index < -0.39 is 5.41 Å².